The number of carbonyl (C=O) groups excluding carboxylic acids is 1. The second-order valence-electron chi connectivity index (χ2n) is 6.21. The molecule has 25 heavy (non-hydrogen) atoms. The number of aromatic nitrogens is 5. The number of carbonyl (C=O) groups is 1. The molecular formula is C17H18N6O2. The van der Waals surface area contributed by atoms with Crippen LogP contribution in [0.15, 0.2) is 36.4 Å². The zero-order valence-electron chi connectivity index (χ0n) is 13.9. The first-order chi connectivity index (χ1) is 12.2. The molecule has 2 aromatic heterocycles. The van der Waals surface area contributed by atoms with Gasteiger partial charge in [0.25, 0.3) is 0 Å². The molecule has 0 saturated carbocycles. The van der Waals surface area contributed by atoms with Gasteiger partial charge in [-0.1, -0.05) is 17.7 Å². The molecule has 0 unspecified atom stereocenters. The molecular weight excluding hydrogens is 320 g/mol. The van der Waals surface area contributed by atoms with Gasteiger partial charge in [0.1, 0.15) is 5.75 Å². The second-order valence-corrected chi connectivity index (χ2v) is 6.21. The fraction of sp³-hybridized carbons (Fsp3) is 0.353. The Labute approximate surface area is 144 Å². The summed E-state index contributed by atoms with van der Waals surface area (Å²) in [5.74, 6) is 1.16. The minimum atomic E-state index is -0.160. The number of esters is 1. The highest BCUT2D eigenvalue weighted by Gasteiger charge is 2.27. The average molecular weight is 338 g/mol. The standard InChI is InChI=1S/C17H18N6O2/c1-12-2-4-14(5-3-12)25-17(24)13-8-10-22(11-9-13)16-7-6-15-18-20-21-23(15)19-16/h2-7,13H,8-11H2,1H3. The number of ether oxygens (including phenoxy) is 1. The molecule has 8 nitrogen and oxygen atoms in total. The van der Waals surface area contributed by atoms with E-state index in [1.807, 2.05) is 43.3 Å². The van der Waals surface area contributed by atoms with Crippen LogP contribution in [-0.2, 0) is 4.79 Å². The third-order valence-corrected chi connectivity index (χ3v) is 4.45. The van der Waals surface area contributed by atoms with Crippen molar-refractivity contribution in [3.63, 3.8) is 0 Å². The van der Waals surface area contributed by atoms with Crippen LogP contribution in [0.2, 0.25) is 0 Å². The molecule has 8 heteroatoms. The Kier molecular flexibility index (Phi) is 4.01. The minimum absolute atomic E-state index is 0.0886. The summed E-state index contributed by atoms with van der Waals surface area (Å²) in [6.45, 7) is 3.49. The van der Waals surface area contributed by atoms with Gasteiger partial charge in [-0.15, -0.1) is 14.8 Å². The van der Waals surface area contributed by atoms with Crippen molar-refractivity contribution < 1.29 is 9.53 Å². The van der Waals surface area contributed by atoms with E-state index in [-0.39, 0.29) is 11.9 Å². The lowest BCUT2D eigenvalue weighted by Crippen LogP contribution is -2.38. The van der Waals surface area contributed by atoms with E-state index >= 15 is 0 Å². The number of hydrogen-bond acceptors (Lipinski definition) is 7. The topological polar surface area (TPSA) is 85.5 Å². The van der Waals surface area contributed by atoms with Gasteiger partial charge in [-0.05, 0) is 54.5 Å². The quantitative estimate of drug-likeness (QED) is 0.530. The Morgan fingerprint density at radius 1 is 1.12 bits per heavy atom. The van der Waals surface area contributed by atoms with Crippen molar-refractivity contribution in [2.45, 2.75) is 19.8 Å². The lowest BCUT2D eigenvalue weighted by atomic mass is 9.97. The third kappa shape index (κ3) is 3.28. The van der Waals surface area contributed by atoms with Crippen LogP contribution in [0.25, 0.3) is 5.65 Å². The Bertz CT molecular complexity index is 884. The number of aryl methyl sites for hydroxylation is 1. The molecule has 0 aliphatic carbocycles. The predicted molar refractivity (Wildman–Crippen MR) is 90.3 cm³/mol. The summed E-state index contributed by atoms with van der Waals surface area (Å²) < 4.78 is 6.90. The number of fused-ring (bicyclic) bond motifs is 1. The summed E-state index contributed by atoms with van der Waals surface area (Å²) in [4.78, 5) is 14.5. The van der Waals surface area contributed by atoms with Crippen molar-refractivity contribution >= 4 is 17.4 Å². The van der Waals surface area contributed by atoms with Crippen molar-refractivity contribution in [2.24, 2.45) is 5.92 Å². The van der Waals surface area contributed by atoms with E-state index < -0.39 is 0 Å². The summed E-state index contributed by atoms with van der Waals surface area (Å²) in [5.41, 5.74) is 1.75. The maximum atomic E-state index is 12.3. The average Bonchev–Trinajstić information content (AvgIpc) is 3.11. The van der Waals surface area contributed by atoms with Gasteiger partial charge in [-0.25, -0.2) is 0 Å². The number of benzene rings is 1. The number of nitrogens with zero attached hydrogens (tertiary/aromatic N) is 6. The predicted octanol–water partition coefficient (Wildman–Crippen LogP) is 1.65. The molecule has 0 amide bonds. The summed E-state index contributed by atoms with van der Waals surface area (Å²) in [5, 5.41) is 15.6. The van der Waals surface area contributed by atoms with E-state index in [0.29, 0.717) is 11.4 Å². The molecule has 4 rings (SSSR count). The van der Waals surface area contributed by atoms with Crippen molar-refractivity contribution in [3.05, 3.63) is 42.0 Å². The molecule has 0 radical (unpaired) electrons. The lowest BCUT2D eigenvalue weighted by molar-refractivity contribution is -0.139. The van der Waals surface area contributed by atoms with Gasteiger partial charge in [-0.2, -0.15) is 0 Å². The zero-order chi connectivity index (χ0) is 17.2. The Morgan fingerprint density at radius 3 is 2.64 bits per heavy atom. The Hall–Kier alpha value is -3.03. The van der Waals surface area contributed by atoms with Crippen LogP contribution in [0.5, 0.6) is 5.75 Å². The molecule has 0 atom stereocenters. The normalized spacial score (nSPS) is 15.5. The Balaban J connectivity index is 1.37. The molecule has 0 N–H and O–H groups in total. The fourth-order valence-corrected chi connectivity index (χ4v) is 2.96. The number of piperidine rings is 1. The van der Waals surface area contributed by atoms with Gasteiger partial charge in [0.2, 0.25) is 0 Å². The van der Waals surface area contributed by atoms with E-state index in [2.05, 4.69) is 25.5 Å². The highest BCUT2D eigenvalue weighted by atomic mass is 16.5. The van der Waals surface area contributed by atoms with Gasteiger partial charge in [-0.3, -0.25) is 4.79 Å². The molecule has 1 saturated heterocycles. The van der Waals surface area contributed by atoms with Gasteiger partial charge in [0.05, 0.1) is 5.92 Å². The van der Waals surface area contributed by atoms with Crippen LogP contribution >= 0.6 is 0 Å². The summed E-state index contributed by atoms with van der Waals surface area (Å²) in [7, 11) is 0. The van der Waals surface area contributed by atoms with E-state index in [0.717, 1.165) is 37.3 Å². The molecule has 128 valence electrons. The molecule has 3 heterocycles. The number of tetrazole rings is 1. The van der Waals surface area contributed by atoms with Crippen LogP contribution in [0.4, 0.5) is 5.82 Å². The minimum Gasteiger partial charge on any atom is -0.426 e. The largest absolute Gasteiger partial charge is 0.426 e. The van der Waals surface area contributed by atoms with Gasteiger partial charge < -0.3 is 9.64 Å². The molecule has 1 fully saturated rings. The van der Waals surface area contributed by atoms with Crippen LogP contribution < -0.4 is 9.64 Å². The van der Waals surface area contributed by atoms with Crippen molar-refractivity contribution in [1.29, 1.82) is 0 Å². The molecule has 0 bridgehead atoms. The smallest absolute Gasteiger partial charge is 0.314 e. The first kappa shape index (κ1) is 15.5. The fourth-order valence-electron chi connectivity index (χ4n) is 2.96. The van der Waals surface area contributed by atoms with Crippen molar-refractivity contribution in [3.8, 4) is 5.75 Å². The van der Waals surface area contributed by atoms with Crippen molar-refractivity contribution in [2.75, 3.05) is 18.0 Å². The highest BCUT2D eigenvalue weighted by molar-refractivity contribution is 5.75. The molecule has 1 aliphatic rings. The second kappa shape index (κ2) is 6.46. The monoisotopic (exact) mass is 338 g/mol. The molecule has 0 spiro atoms. The summed E-state index contributed by atoms with van der Waals surface area (Å²) in [6, 6.07) is 11.3. The molecule has 3 aromatic rings. The van der Waals surface area contributed by atoms with Gasteiger partial charge >= 0.3 is 5.97 Å². The third-order valence-electron chi connectivity index (χ3n) is 4.45. The van der Waals surface area contributed by atoms with Gasteiger partial charge in [0.15, 0.2) is 11.5 Å². The van der Waals surface area contributed by atoms with E-state index in [9.17, 15) is 4.79 Å². The zero-order valence-corrected chi connectivity index (χ0v) is 13.9. The summed E-state index contributed by atoms with van der Waals surface area (Å²) in [6.07, 6.45) is 1.47. The summed E-state index contributed by atoms with van der Waals surface area (Å²) >= 11 is 0. The van der Waals surface area contributed by atoms with E-state index in [1.165, 1.54) is 4.63 Å². The van der Waals surface area contributed by atoms with Crippen molar-refractivity contribution in [1.82, 2.24) is 25.3 Å². The maximum Gasteiger partial charge on any atom is 0.314 e. The van der Waals surface area contributed by atoms with E-state index in [1.54, 1.807) is 0 Å². The van der Waals surface area contributed by atoms with Gasteiger partial charge in [0, 0.05) is 13.1 Å². The first-order valence-corrected chi connectivity index (χ1v) is 8.28. The Morgan fingerprint density at radius 2 is 1.88 bits per heavy atom. The van der Waals surface area contributed by atoms with Crippen LogP contribution in [0.3, 0.4) is 0 Å². The van der Waals surface area contributed by atoms with Crippen LogP contribution in [-0.4, -0.2) is 44.3 Å². The lowest BCUT2D eigenvalue weighted by Gasteiger charge is -2.31. The maximum absolute atomic E-state index is 12.3. The van der Waals surface area contributed by atoms with Crippen LogP contribution in [0.1, 0.15) is 18.4 Å². The number of rotatable bonds is 3. The van der Waals surface area contributed by atoms with Crippen LogP contribution in [0, 0.1) is 12.8 Å². The molecule has 1 aliphatic heterocycles. The number of anilines is 1. The molecule has 1 aromatic carbocycles. The number of hydrogen-bond donors (Lipinski definition) is 0. The highest BCUT2D eigenvalue weighted by Crippen LogP contribution is 2.24. The SMILES string of the molecule is Cc1ccc(OC(=O)C2CCN(c3ccc4nnnn4n3)CC2)cc1. The van der Waals surface area contributed by atoms with E-state index in [4.69, 9.17) is 4.74 Å². The first-order valence-electron chi connectivity index (χ1n) is 8.28.